The van der Waals surface area contributed by atoms with Gasteiger partial charge in [0.2, 0.25) is 0 Å². The fourth-order valence-corrected chi connectivity index (χ4v) is 3.05. The SMILES string of the molecule is C=CCO[C@@H]1[C@@H](OS(=O)(=O)O)[C@@H](OS(=O)(=O)O)[C@H](OC)O[C@H]1C. The van der Waals surface area contributed by atoms with Crippen LogP contribution >= 0.6 is 0 Å². The molecule has 1 heterocycles. The summed E-state index contributed by atoms with van der Waals surface area (Å²) in [5.41, 5.74) is 0. The van der Waals surface area contributed by atoms with E-state index in [4.69, 9.17) is 23.3 Å². The van der Waals surface area contributed by atoms with Gasteiger partial charge in [-0.15, -0.1) is 6.58 Å². The molecule has 1 rings (SSSR count). The number of hydrogen-bond donors (Lipinski definition) is 2. The van der Waals surface area contributed by atoms with E-state index in [2.05, 4.69) is 14.9 Å². The highest BCUT2D eigenvalue weighted by atomic mass is 32.3. The van der Waals surface area contributed by atoms with Crippen molar-refractivity contribution in [3.8, 4) is 0 Å². The number of ether oxygens (including phenoxy) is 3. The Kier molecular flexibility index (Phi) is 7.06. The summed E-state index contributed by atoms with van der Waals surface area (Å²) in [6.45, 7) is 4.83. The Morgan fingerprint density at radius 1 is 1.09 bits per heavy atom. The standard InChI is InChI=1S/C10H18O11S2/c1-4-5-18-7-6(2)19-10(17-3)9(21-23(14,15)16)8(7)20-22(11,12)13/h4,6-10H,1,5H2,2-3H3,(H,11,12,13)(H,14,15,16)/t6-,7-,8+,9+,10+/m0/s1. The summed E-state index contributed by atoms with van der Waals surface area (Å²) < 4.78 is 86.1. The summed E-state index contributed by atoms with van der Waals surface area (Å²) in [5.74, 6) is 0. The van der Waals surface area contributed by atoms with Crippen LogP contribution in [-0.2, 0) is 43.4 Å². The van der Waals surface area contributed by atoms with Gasteiger partial charge in [-0.05, 0) is 6.92 Å². The van der Waals surface area contributed by atoms with Crippen LogP contribution in [0.15, 0.2) is 12.7 Å². The van der Waals surface area contributed by atoms with Gasteiger partial charge in [0, 0.05) is 7.11 Å². The van der Waals surface area contributed by atoms with Crippen molar-refractivity contribution in [1.82, 2.24) is 0 Å². The van der Waals surface area contributed by atoms with E-state index in [1.165, 1.54) is 13.0 Å². The Balaban J connectivity index is 3.21. The molecule has 136 valence electrons. The lowest BCUT2D eigenvalue weighted by Gasteiger charge is -2.42. The minimum Gasteiger partial charge on any atom is -0.369 e. The zero-order valence-corrected chi connectivity index (χ0v) is 13.9. The first-order chi connectivity index (χ1) is 10.5. The average Bonchev–Trinajstić information content (AvgIpc) is 2.38. The fraction of sp³-hybridized carbons (Fsp3) is 0.800. The second-order valence-electron chi connectivity index (χ2n) is 4.51. The topological polar surface area (TPSA) is 155 Å². The molecule has 11 nitrogen and oxygen atoms in total. The highest BCUT2D eigenvalue weighted by Crippen LogP contribution is 2.30. The first-order valence-electron chi connectivity index (χ1n) is 6.20. The Bertz CT molecular complexity index is 598. The third kappa shape index (κ3) is 6.40. The predicted octanol–water partition coefficient (Wildman–Crippen LogP) is -0.675. The second kappa shape index (κ2) is 7.96. The maximum absolute atomic E-state index is 11.0. The van der Waals surface area contributed by atoms with Crippen LogP contribution in [0.1, 0.15) is 6.92 Å². The van der Waals surface area contributed by atoms with E-state index in [-0.39, 0.29) is 6.61 Å². The van der Waals surface area contributed by atoms with Crippen LogP contribution in [-0.4, -0.2) is 70.4 Å². The van der Waals surface area contributed by atoms with E-state index in [1.54, 1.807) is 0 Å². The van der Waals surface area contributed by atoms with Gasteiger partial charge >= 0.3 is 20.8 Å². The third-order valence-corrected chi connectivity index (χ3v) is 3.76. The summed E-state index contributed by atoms with van der Waals surface area (Å²) in [6, 6.07) is 0. The lowest BCUT2D eigenvalue weighted by Crippen LogP contribution is -2.60. The molecular formula is C10H18O11S2. The van der Waals surface area contributed by atoms with Crippen LogP contribution in [0.4, 0.5) is 0 Å². The number of hydrogen-bond acceptors (Lipinski definition) is 9. The molecule has 5 atom stereocenters. The zero-order valence-electron chi connectivity index (χ0n) is 12.3. The van der Waals surface area contributed by atoms with Crippen molar-refractivity contribution < 1.29 is 48.5 Å². The quantitative estimate of drug-likeness (QED) is 0.408. The molecule has 1 saturated heterocycles. The van der Waals surface area contributed by atoms with Crippen LogP contribution in [0.5, 0.6) is 0 Å². The molecule has 1 aliphatic heterocycles. The molecule has 0 aromatic rings. The molecule has 0 radical (unpaired) electrons. The molecule has 23 heavy (non-hydrogen) atoms. The molecule has 0 amide bonds. The van der Waals surface area contributed by atoms with Crippen molar-refractivity contribution in [2.45, 2.75) is 37.6 Å². The lowest BCUT2D eigenvalue weighted by molar-refractivity contribution is -0.281. The molecule has 0 aromatic carbocycles. The van der Waals surface area contributed by atoms with Crippen molar-refractivity contribution in [3.63, 3.8) is 0 Å². The monoisotopic (exact) mass is 378 g/mol. The molecule has 0 aromatic heterocycles. The van der Waals surface area contributed by atoms with Gasteiger partial charge < -0.3 is 14.2 Å². The van der Waals surface area contributed by atoms with E-state index in [0.717, 1.165) is 7.11 Å². The average molecular weight is 378 g/mol. The molecule has 1 fully saturated rings. The molecule has 0 saturated carbocycles. The van der Waals surface area contributed by atoms with Crippen LogP contribution in [0.2, 0.25) is 0 Å². The highest BCUT2D eigenvalue weighted by Gasteiger charge is 2.50. The zero-order chi connectivity index (χ0) is 17.8. The van der Waals surface area contributed by atoms with Crippen molar-refractivity contribution in [2.24, 2.45) is 0 Å². The van der Waals surface area contributed by atoms with Crippen LogP contribution in [0.3, 0.4) is 0 Å². The smallest absolute Gasteiger partial charge is 0.369 e. The van der Waals surface area contributed by atoms with E-state index >= 15 is 0 Å². The Morgan fingerprint density at radius 2 is 1.61 bits per heavy atom. The maximum Gasteiger partial charge on any atom is 0.397 e. The van der Waals surface area contributed by atoms with Crippen molar-refractivity contribution in [2.75, 3.05) is 13.7 Å². The van der Waals surface area contributed by atoms with E-state index < -0.39 is 51.5 Å². The summed E-state index contributed by atoms with van der Waals surface area (Å²) >= 11 is 0. The van der Waals surface area contributed by atoms with Crippen molar-refractivity contribution in [3.05, 3.63) is 12.7 Å². The molecule has 0 aliphatic carbocycles. The molecular weight excluding hydrogens is 360 g/mol. The van der Waals surface area contributed by atoms with Crippen LogP contribution in [0.25, 0.3) is 0 Å². The summed E-state index contributed by atoms with van der Waals surface area (Å²) in [7, 11) is -8.88. The van der Waals surface area contributed by atoms with Crippen LogP contribution in [0, 0.1) is 0 Å². The minimum atomic E-state index is -5.01. The van der Waals surface area contributed by atoms with Crippen molar-refractivity contribution in [1.29, 1.82) is 0 Å². The Hall–Kier alpha value is -0.640. The normalized spacial score (nSPS) is 32.6. The predicted molar refractivity (Wildman–Crippen MR) is 74.1 cm³/mol. The first-order valence-corrected chi connectivity index (χ1v) is 8.93. The highest BCUT2D eigenvalue weighted by molar-refractivity contribution is 7.81. The number of rotatable bonds is 8. The van der Waals surface area contributed by atoms with Gasteiger partial charge in [0.1, 0.15) is 12.2 Å². The van der Waals surface area contributed by atoms with Crippen LogP contribution < -0.4 is 0 Å². The molecule has 2 N–H and O–H groups in total. The van der Waals surface area contributed by atoms with Gasteiger partial charge in [-0.25, -0.2) is 8.37 Å². The van der Waals surface area contributed by atoms with E-state index in [1.807, 2.05) is 0 Å². The molecule has 13 heteroatoms. The minimum absolute atomic E-state index is 0.0556. The summed E-state index contributed by atoms with van der Waals surface area (Å²) in [5, 5.41) is 0. The van der Waals surface area contributed by atoms with Gasteiger partial charge in [-0.2, -0.15) is 16.8 Å². The van der Waals surface area contributed by atoms with E-state index in [9.17, 15) is 16.8 Å². The van der Waals surface area contributed by atoms with Gasteiger partial charge in [-0.1, -0.05) is 6.08 Å². The van der Waals surface area contributed by atoms with Gasteiger partial charge in [0.25, 0.3) is 0 Å². The summed E-state index contributed by atoms with van der Waals surface area (Å²) in [6.07, 6.45) is -5.51. The molecule has 1 aliphatic rings. The summed E-state index contributed by atoms with van der Waals surface area (Å²) in [4.78, 5) is 0. The van der Waals surface area contributed by atoms with E-state index in [0.29, 0.717) is 0 Å². The molecule has 0 bridgehead atoms. The first kappa shape index (κ1) is 20.4. The van der Waals surface area contributed by atoms with Gasteiger partial charge in [0.15, 0.2) is 12.4 Å². The molecule has 0 spiro atoms. The second-order valence-corrected chi connectivity index (χ2v) is 6.60. The van der Waals surface area contributed by atoms with Gasteiger partial charge in [0.05, 0.1) is 12.7 Å². The molecule has 0 unspecified atom stereocenters. The fourth-order valence-electron chi connectivity index (χ4n) is 2.06. The van der Waals surface area contributed by atoms with Gasteiger partial charge in [-0.3, -0.25) is 9.11 Å². The number of methoxy groups -OCH3 is 1. The Labute approximate surface area is 134 Å². The largest absolute Gasteiger partial charge is 0.397 e. The lowest BCUT2D eigenvalue weighted by atomic mass is 10.00. The van der Waals surface area contributed by atoms with Crippen molar-refractivity contribution >= 4 is 20.8 Å². The Morgan fingerprint density at radius 3 is 2.04 bits per heavy atom. The maximum atomic E-state index is 11.0. The third-order valence-electron chi connectivity index (χ3n) is 2.83.